The molecule has 0 bridgehead atoms. The zero-order valence-corrected chi connectivity index (χ0v) is 12.3. The standard InChI is InChI=1S/C13H20FNO3S/c1-10(2)9-15-4-5-18-12-6-11(14)7-13(8-12)19(3,16)17/h6-8,10,15H,4-5,9H2,1-3H3. The highest BCUT2D eigenvalue weighted by Crippen LogP contribution is 2.19. The van der Waals surface area contributed by atoms with Crippen LogP contribution >= 0.6 is 0 Å². The lowest BCUT2D eigenvalue weighted by Gasteiger charge is -2.10. The van der Waals surface area contributed by atoms with Gasteiger partial charge in [0.2, 0.25) is 0 Å². The summed E-state index contributed by atoms with van der Waals surface area (Å²) in [6, 6.07) is 3.50. The van der Waals surface area contributed by atoms with Crippen molar-refractivity contribution < 1.29 is 17.5 Å². The summed E-state index contributed by atoms with van der Waals surface area (Å²) in [6.07, 6.45) is 1.04. The third-order valence-corrected chi connectivity index (χ3v) is 3.47. The average Bonchev–Trinajstić information content (AvgIpc) is 2.26. The van der Waals surface area contributed by atoms with Crippen LogP contribution in [0.4, 0.5) is 4.39 Å². The lowest BCUT2D eigenvalue weighted by molar-refractivity contribution is 0.308. The van der Waals surface area contributed by atoms with E-state index in [9.17, 15) is 12.8 Å². The Morgan fingerprint density at radius 1 is 1.32 bits per heavy atom. The smallest absolute Gasteiger partial charge is 0.175 e. The Balaban J connectivity index is 2.57. The predicted octanol–water partition coefficient (Wildman–Crippen LogP) is 1.85. The number of ether oxygens (including phenoxy) is 1. The molecule has 108 valence electrons. The van der Waals surface area contributed by atoms with Gasteiger partial charge in [-0.05, 0) is 24.6 Å². The van der Waals surface area contributed by atoms with Crippen molar-refractivity contribution in [2.75, 3.05) is 26.0 Å². The molecule has 0 aliphatic rings. The fraction of sp³-hybridized carbons (Fsp3) is 0.538. The summed E-state index contributed by atoms with van der Waals surface area (Å²) >= 11 is 0. The van der Waals surface area contributed by atoms with Crippen LogP contribution in [0, 0.1) is 11.7 Å². The van der Waals surface area contributed by atoms with Gasteiger partial charge < -0.3 is 10.1 Å². The number of hydrogen-bond acceptors (Lipinski definition) is 4. The zero-order chi connectivity index (χ0) is 14.5. The second-order valence-corrected chi connectivity index (χ2v) is 6.86. The molecule has 0 fully saturated rings. The van der Waals surface area contributed by atoms with E-state index >= 15 is 0 Å². The topological polar surface area (TPSA) is 55.4 Å². The van der Waals surface area contributed by atoms with E-state index in [1.807, 2.05) is 0 Å². The van der Waals surface area contributed by atoms with Gasteiger partial charge in [-0.3, -0.25) is 0 Å². The summed E-state index contributed by atoms with van der Waals surface area (Å²) < 4.78 is 41.3. The van der Waals surface area contributed by atoms with Gasteiger partial charge in [-0.15, -0.1) is 0 Å². The maximum Gasteiger partial charge on any atom is 0.175 e. The first-order valence-corrected chi connectivity index (χ1v) is 8.02. The van der Waals surface area contributed by atoms with Crippen LogP contribution in [0.1, 0.15) is 13.8 Å². The first kappa shape index (κ1) is 15.9. The highest BCUT2D eigenvalue weighted by Gasteiger charge is 2.11. The van der Waals surface area contributed by atoms with Crippen molar-refractivity contribution in [3.05, 3.63) is 24.0 Å². The highest BCUT2D eigenvalue weighted by molar-refractivity contribution is 7.90. The van der Waals surface area contributed by atoms with Crippen LogP contribution in [-0.4, -0.2) is 34.4 Å². The summed E-state index contributed by atoms with van der Waals surface area (Å²) in [7, 11) is -3.43. The van der Waals surface area contributed by atoms with Crippen LogP contribution in [0.15, 0.2) is 23.1 Å². The van der Waals surface area contributed by atoms with Crippen LogP contribution in [0.3, 0.4) is 0 Å². The van der Waals surface area contributed by atoms with E-state index in [1.54, 1.807) is 0 Å². The average molecular weight is 289 g/mol. The Morgan fingerprint density at radius 3 is 2.58 bits per heavy atom. The molecule has 0 unspecified atom stereocenters. The predicted molar refractivity (Wildman–Crippen MR) is 72.7 cm³/mol. The Hall–Kier alpha value is -1.14. The van der Waals surface area contributed by atoms with Gasteiger partial charge in [0.25, 0.3) is 0 Å². The Bertz CT molecular complexity index is 515. The number of benzene rings is 1. The van der Waals surface area contributed by atoms with Gasteiger partial charge in [0, 0.05) is 18.9 Å². The number of halogens is 1. The molecule has 0 heterocycles. The zero-order valence-electron chi connectivity index (χ0n) is 11.4. The van der Waals surface area contributed by atoms with E-state index in [2.05, 4.69) is 19.2 Å². The van der Waals surface area contributed by atoms with Crippen molar-refractivity contribution in [1.82, 2.24) is 5.32 Å². The number of rotatable bonds is 7. The molecule has 0 saturated heterocycles. The van der Waals surface area contributed by atoms with Crippen LogP contribution in [0.5, 0.6) is 5.75 Å². The van der Waals surface area contributed by atoms with Gasteiger partial charge in [0.1, 0.15) is 18.2 Å². The summed E-state index contributed by atoms with van der Waals surface area (Å²) in [5, 5.41) is 3.18. The molecule has 4 nitrogen and oxygen atoms in total. The molecule has 0 aliphatic carbocycles. The highest BCUT2D eigenvalue weighted by atomic mass is 32.2. The molecule has 1 aromatic carbocycles. The molecule has 1 N–H and O–H groups in total. The lowest BCUT2D eigenvalue weighted by atomic mass is 10.2. The largest absolute Gasteiger partial charge is 0.492 e. The quantitative estimate of drug-likeness (QED) is 0.778. The summed E-state index contributed by atoms with van der Waals surface area (Å²) in [4.78, 5) is -0.0716. The molecule has 0 aliphatic heterocycles. The minimum Gasteiger partial charge on any atom is -0.492 e. The third kappa shape index (κ3) is 6.02. The third-order valence-electron chi connectivity index (χ3n) is 2.37. The molecular weight excluding hydrogens is 269 g/mol. The molecule has 0 spiro atoms. The van der Waals surface area contributed by atoms with Crippen molar-refractivity contribution in [2.24, 2.45) is 5.92 Å². The molecule has 6 heteroatoms. The lowest BCUT2D eigenvalue weighted by Crippen LogP contribution is -2.25. The van der Waals surface area contributed by atoms with Crippen LogP contribution in [0.25, 0.3) is 0 Å². The second kappa shape index (κ2) is 6.86. The Labute approximate surface area is 113 Å². The van der Waals surface area contributed by atoms with Crippen LogP contribution < -0.4 is 10.1 Å². The van der Waals surface area contributed by atoms with Gasteiger partial charge in [-0.25, -0.2) is 12.8 Å². The minimum absolute atomic E-state index is 0.0716. The van der Waals surface area contributed by atoms with E-state index in [1.165, 1.54) is 12.1 Å². The Morgan fingerprint density at radius 2 is 2.00 bits per heavy atom. The Kier molecular flexibility index (Phi) is 5.75. The molecule has 1 aromatic rings. The van der Waals surface area contributed by atoms with Crippen LogP contribution in [0.2, 0.25) is 0 Å². The molecule has 0 atom stereocenters. The maximum atomic E-state index is 13.3. The second-order valence-electron chi connectivity index (χ2n) is 4.84. The SMILES string of the molecule is CC(C)CNCCOc1cc(F)cc(S(C)(=O)=O)c1. The molecule has 0 radical (unpaired) electrons. The molecular formula is C13H20FNO3S. The van der Waals surface area contributed by atoms with E-state index < -0.39 is 15.7 Å². The van der Waals surface area contributed by atoms with Crippen molar-refractivity contribution in [3.63, 3.8) is 0 Å². The normalized spacial score (nSPS) is 11.8. The van der Waals surface area contributed by atoms with Crippen LogP contribution in [-0.2, 0) is 9.84 Å². The van der Waals surface area contributed by atoms with E-state index in [-0.39, 0.29) is 10.6 Å². The van der Waals surface area contributed by atoms with E-state index in [0.29, 0.717) is 19.1 Å². The van der Waals surface area contributed by atoms with Crippen molar-refractivity contribution in [3.8, 4) is 5.75 Å². The monoisotopic (exact) mass is 289 g/mol. The van der Waals surface area contributed by atoms with Gasteiger partial charge in [0.05, 0.1) is 4.90 Å². The summed E-state index contributed by atoms with van der Waals surface area (Å²) in [6.45, 7) is 6.06. The first-order valence-electron chi connectivity index (χ1n) is 6.13. The van der Waals surface area contributed by atoms with E-state index in [0.717, 1.165) is 18.9 Å². The fourth-order valence-corrected chi connectivity index (χ4v) is 2.12. The first-order chi connectivity index (χ1) is 8.79. The van der Waals surface area contributed by atoms with Gasteiger partial charge >= 0.3 is 0 Å². The van der Waals surface area contributed by atoms with Gasteiger partial charge in [-0.2, -0.15) is 0 Å². The molecule has 0 saturated carbocycles. The summed E-state index contributed by atoms with van der Waals surface area (Å²) in [5.41, 5.74) is 0. The number of sulfone groups is 1. The number of hydrogen-bond donors (Lipinski definition) is 1. The van der Waals surface area contributed by atoms with E-state index in [4.69, 9.17) is 4.74 Å². The maximum absolute atomic E-state index is 13.3. The van der Waals surface area contributed by atoms with Crippen molar-refractivity contribution in [2.45, 2.75) is 18.7 Å². The van der Waals surface area contributed by atoms with Gasteiger partial charge in [-0.1, -0.05) is 13.8 Å². The molecule has 0 amide bonds. The molecule has 1 rings (SSSR count). The van der Waals surface area contributed by atoms with Gasteiger partial charge in [0.15, 0.2) is 9.84 Å². The molecule has 19 heavy (non-hydrogen) atoms. The minimum atomic E-state index is -3.43. The van der Waals surface area contributed by atoms with Crippen molar-refractivity contribution >= 4 is 9.84 Å². The van der Waals surface area contributed by atoms with Crippen molar-refractivity contribution in [1.29, 1.82) is 0 Å². The molecule has 0 aromatic heterocycles. The summed E-state index contributed by atoms with van der Waals surface area (Å²) in [5.74, 6) is 0.158. The fourth-order valence-electron chi connectivity index (χ4n) is 1.47. The number of nitrogens with one attached hydrogen (secondary N) is 1.